The van der Waals surface area contributed by atoms with E-state index in [2.05, 4.69) is 58.9 Å². The summed E-state index contributed by atoms with van der Waals surface area (Å²) in [6, 6.07) is 17.6. The fraction of sp³-hybridized carbons (Fsp3) is 0.250. The number of benzene rings is 2. The molecule has 6 rings (SSSR count). The molecule has 0 aliphatic heterocycles. The summed E-state index contributed by atoms with van der Waals surface area (Å²) in [5.74, 6) is 1.17. The number of hydrogen-bond donors (Lipinski definition) is 1. The minimum Gasteiger partial charge on any atom is -0.352 e. The van der Waals surface area contributed by atoms with Crippen molar-refractivity contribution in [2.24, 2.45) is 13.0 Å². The Morgan fingerprint density at radius 3 is 2.36 bits per heavy atom. The highest BCUT2D eigenvalue weighted by Gasteiger charge is 2.42. The number of rotatable bonds is 4. The third kappa shape index (κ3) is 2.85. The first kappa shape index (κ1) is 17.0. The van der Waals surface area contributed by atoms with Crippen LogP contribution in [0.1, 0.15) is 46.1 Å². The summed E-state index contributed by atoms with van der Waals surface area (Å²) in [6.45, 7) is 0.694. The van der Waals surface area contributed by atoms with Gasteiger partial charge in [-0.15, -0.1) is 0 Å². The van der Waals surface area contributed by atoms with Crippen LogP contribution >= 0.6 is 0 Å². The van der Waals surface area contributed by atoms with Gasteiger partial charge >= 0.3 is 0 Å². The molecule has 0 saturated carbocycles. The average Bonchev–Trinajstić information content (AvgIpc) is 3.16. The summed E-state index contributed by atoms with van der Waals surface area (Å²) >= 11 is 0. The van der Waals surface area contributed by atoms with E-state index in [9.17, 15) is 4.79 Å². The molecule has 1 N–H and O–H groups in total. The van der Waals surface area contributed by atoms with E-state index < -0.39 is 0 Å². The molecule has 0 saturated heterocycles. The van der Waals surface area contributed by atoms with Gasteiger partial charge in [-0.3, -0.25) is 9.48 Å². The molecule has 1 aromatic heterocycles. The lowest BCUT2D eigenvalue weighted by Gasteiger charge is -2.45. The van der Waals surface area contributed by atoms with Crippen molar-refractivity contribution in [1.82, 2.24) is 15.1 Å². The normalized spacial score (nSPS) is 22.1. The number of aromatic nitrogens is 2. The van der Waals surface area contributed by atoms with E-state index in [1.54, 1.807) is 23.0 Å². The maximum Gasteiger partial charge on any atom is 0.244 e. The SMILES string of the molecule is Cn1cc(/C=C/C(=O)NCC2CC3c4ccccc4C2c2ccccc23)cn1. The largest absolute Gasteiger partial charge is 0.352 e. The number of hydrogen-bond acceptors (Lipinski definition) is 2. The zero-order valence-electron chi connectivity index (χ0n) is 15.9. The van der Waals surface area contributed by atoms with Gasteiger partial charge in [0.2, 0.25) is 5.91 Å². The fourth-order valence-corrected chi connectivity index (χ4v) is 4.95. The van der Waals surface area contributed by atoms with Crippen LogP contribution in [0.3, 0.4) is 0 Å². The maximum atomic E-state index is 12.3. The smallest absolute Gasteiger partial charge is 0.244 e. The molecular formula is C24H23N3O. The number of nitrogens with one attached hydrogen (secondary N) is 1. The highest BCUT2D eigenvalue weighted by Crippen LogP contribution is 2.55. The molecule has 0 radical (unpaired) electrons. The zero-order chi connectivity index (χ0) is 19.1. The van der Waals surface area contributed by atoms with Gasteiger partial charge in [0, 0.05) is 43.3 Å². The van der Waals surface area contributed by atoms with E-state index in [0.29, 0.717) is 24.3 Å². The quantitative estimate of drug-likeness (QED) is 0.710. The number of nitrogens with zero attached hydrogens (tertiary/aromatic N) is 2. The molecule has 2 bridgehead atoms. The van der Waals surface area contributed by atoms with Gasteiger partial charge in [-0.2, -0.15) is 5.10 Å². The van der Waals surface area contributed by atoms with Crippen molar-refractivity contribution in [3.8, 4) is 0 Å². The molecule has 28 heavy (non-hydrogen) atoms. The molecule has 3 aromatic rings. The van der Waals surface area contributed by atoms with Crippen LogP contribution in [0, 0.1) is 5.92 Å². The zero-order valence-corrected chi connectivity index (χ0v) is 15.9. The summed E-state index contributed by atoms with van der Waals surface area (Å²) < 4.78 is 1.73. The Morgan fingerprint density at radius 1 is 1.11 bits per heavy atom. The van der Waals surface area contributed by atoms with E-state index in [1.165, 1.54) is 22.3 Å². The Kier molecular flexibility index (Phi) is 4.12. The predicted molar refractivity (Wildman–Crippen MR) is 110 cm³/mol. The molecule has 4 nitrogen and oxygen atoms in total. The molecule has 3 aliphatic rings. The number of carbonyl (C=O) groups excluding carboxylic acids is 1. The molecule has 1 unspecified atom stereocenters. The highest BCUT2D eigenvalue weighted by molar-refractivity contribution is 5.91. The average molecular weight is 369 g/mol. The molecule has 1 atom stereocenters. The lowest BCUT2D eigenvalue weighted by Crippen LogP contribution is -2.38. The van der Waals surface area contributed by atoms with Crippen molar-refractivity contribution < 1.29 is 4.79 Å². The monoisotopic (exact) mass is 369 g/mol. The highest BCUT2D eigenvalue weighted by atomic mass is 16.1. The van der Waals surface area contributed by atoms with Crippen LogP contribution in [0.25, 0.3) is 6.08 Å². The third-order valence-electron chi connectivity index (χ3n) is 6.11. The standard InChI is InChI=1S/C24H23N3O/c1-27-15-16(13-26-27)10-11-23(28)25-14-17-12-22-18-6-2-4-8-20(18)24(17)21-9-5-3-7-19(21)22/h2-11,13,15,17,22,24H,12,14H2,1H3,(H,25,28)/b11-10+. The Bertz CT molecular complexity index is 1020. The molecule has 140 valence electrons. The molecule has 4 heteroatoms. The lowest BCUT2D eigenvalue weighted by molar-refractivity contribution is -0.116. The fourth-order valence-electron chi connectivity index (χ4n) is 4.95. The second kappa shape index (κ2) is 6.79. The second-order valence-corrected chi connectivity index (χ2v) is 7.81. The van der Waals surface area contributed by atoms with Gasteiger partial charge in [0.15, 0.2) is 0 Å². The summed E-state index contributed by atoms with van der Waals surface area (Å²) in [6.07, 6.45) is 8.13. The van der Waals surface area contributed by atoms with Crippen LogP contribution in [0.2, 0.25) is 0 Å². The molecule has 1 amide bonds. The Balaban J connectivity index is 1.35. The second-order valence-electron chi connectivity index (χ2n) is 7.81. The van der Waals surface area contributed by atoms with E-state index in [-0.39, 0.29) is 5.91 Å². The van der Waals surface area contributed by atoms with Gasteiger partial charge < -0.3 is 5.32 Å². The van der Waals surface area contributed by atoms with Crippen molar-refractivity contribution in [3.63, 3.8) is 0 Å². The van der Waals surface area contributed by atoms with Crippen molar-refractivity contribution in [3.05, 3.63) is 94.8 Å². The number of aryl methyl sites for hydroxylation is 1. The van der Waals surface area contributed by atoms with Gasteiger partial charge in [-0.05, 0) is 40.7 Å². The Labute approximate surface area is 164 Å². The molecule has 1 heterocycles. The van der Waals surface area contributed by atoms with Crippen LogP contribution < -0.4 is 5.32 Å². The van der Waals surface area contributed by atoms with Crippen molar-refractivity contribution in [2.45, 2.75) is 18.3 Å². The minimum atomic E-state index is -0.0492. The number of amides is 1. The maximum absolute atomic E-state index is 12.3. The van der Waals surface area contributed by atoms with Crippen molar-refractivity contribution >= 4 is 12.0 Å². The van der Waals surface area contributed by atoms with Gasteiger partial charge in [0.1, 0.15) is 0 Å². The van der Waals surface area contributed by atoms with Crippen LogP contribution in [0.4, 0.5) is 0 Å². The summed E-state index contributed by atoms with van der Waals surface area (Å²) in [7, 11) is 1.87. The topological polar surface area (TPSA) is 46.9 Å². The van der Waals surface area contributed by atoms with Crippen LogP contribution in [0.5, 0.6) is 0 Å². The first-order valence-electron chi connectivity index (χ1n) is 9.83. The molecule has 2 aromatic carbocycles. The van der Waals surface area contributed by atoms with E-state index in [4.69, 9.17) is 0 Å². The van der Waals surface area contributed by atoms with Gasteiger partial charge in [0.25, 0.3) is 0 Å². The van der Waals surface area contributed by atoms with Crippen molar-refractivity contribution in [1.29, 1.82) is 0 Å². The molecule has 0 spiro atoms. The van der Waals surface area contributed by atoms with Gasteiger partial charge in [-0.1, -0.05) is 48.5 Å². The minimum absolute atomic E-state index is 0.0492. The lowest BCUT2D eigenvalue weighted by atomic mass is 9.59. The van der Waals surface area contributed by atoms with Gasteiger partial charge in [-0.25, -0.2) is 0 Å². The van der Waals surface area contributed by atoms with Crippen LogP contribution in [0.15, 0.2) is 67.0 Å². The van der Waals surface area contributed by atoms with Crippen LogP contribution in [-0.4, -0.2) is 22.2 Å². The van der Waals surface area contributed by atoms with Gasteiger partial charge in [0.05, 0.1) is 6.20 Å². The molecular weight excluding hydrogens is 346 g/mol. The number of fused-ring (bicyclic) bond motifs is 1. The first-order chi connectivity index (χ1) is 13.7. The van der Waals surface area contributed by atoms with Crippen molar-refractivity contribution in [2.75, 3.05) is 6.54 Å². The summed E-state index contributed by atoms with van der Waals surface area (Å²) in [5.41, 5.74) is 6.72. The summed E-state index contributed by atoms with van der Waals surface area (Å²) in [4.78, 5) is 12.3. The third-order valence-corrected chi connectivity index (χ3v) is 6.11. The molecule has 0 fully saturated rings. The van der Waals surface area contributed by atoms with E-state index in [0.717, 1.165) is 12.0 Å². The number of carbonyl (C=O) groups is 1. The Morgan fingerprint density at radius 2 is 1.75 bits per heavy atom. The van der Waals surface area contributed by atoms with E-state index >= 15 is 0 Å². The molecule has 3 aliphatic carbocycles. The predicted octanol–water partition coefficient (Wildman–Crippen LogP) is 3.85. The van der Waals surface area contributed by atoms with Crippen LogP contribution in [-0.2, 0) is 11.8 Å². The first-order valence-corrected chi connectivity index (χ1v) is 9.83. The summed E-state index contributed by atoms with van der Waals surface area (Å²) in [5, 5.41) is 7.24. The Hall–Kier alpha value is -3.14. The van der Waals surface area contributed by atoms with E-state index in [1.807, 2.05) is 13.2 Å².